The molecule has 0 aliphatic heterocycles. The van der Waals surface area contributed by atoms with Crippen molar-refractivity contribution >= 4 is 11.6 Å². The van der Waals surface area contributed by atoms with Crippen LogP contribution in [0.25, 0.3) is 11.5 Å². The minimum absolute atomic E-state index is 0.0280. The average Bonchev–Trinajstić information content (AvgIpc) is 3.79. The highest BCUT2D eigenvalue weighted by atomic mass is 19.3. The van der Waals surface area contributed by atoms with Gasteiger partial charge in [0, 0.05) is 47.5 Å². The molecule has 41 heavy (non-hydrogen) atoms. The molecule has 2 aromatic heterocycles. The molecule has 2 heterocycles. The highest BCUT2D eigenvalue weighted by molar-refractivity contribution is 6.05. The SMILES string of the molecule is C=C(CCF)C(=O)N(CC12CCC(c3noc(C4CC4(F)F)n3)(CC1)CC2)c1cccc(-c2nc(C3CC3)no2)c1. The van der Waals surface area contributed by atoms with Crippen molar-refractivity contribution in [2.45, 2.75) is 87.4 Å². The molecule has 8 rings (SSSR count). The molecule has 5 aliphatic rings. The van der Waals surface area contributed by atoms with Crippen LogP contribution in [-0.2, 0) is 10.2 Å². The number of hydrogen-bond acceptors (Lipinski definition) is 7. The molecule has 1 atom stereocenters. The number of halogens is 3. The number of amides is 1. The van der Waals surface area contributed by atoms with Crippen LogP contribution in [0.4, 0.5) is 18.9 Å². The van der Waals surface area contributed by atoms with Gasteiger partial charge in [-0.25, -0.2) is 8.78 Å². The molecule has 2 bridgehead atoms. The van der Waals surface area contributed by atoms with Gasteiger partial charge in [0.1, 0.15) is 5.92 Å². The smallest absolute Gasteiger partial charge is 0.260 e. The van der Waals surface area contributed by atoms with E-state index in [-0.39, 0.29) is 41.0 Å². The van der Waals surface area contributed by atoms with Crippen LogP contribution in [0.15, 0.2) is 45.5 Å². The van der Waals surface area contributed by atoms with Crippen LogP contribution in [0, 0.1) is 5.41 Å². The Bertz CT molecular complexity index is 1470. The Balaban J connectivity index is 1.12. The van der Waals surface area contributed by atoms with Crippen LogP contribution in [0.2, 0.25) is 0 Å². The number of carbonyl (C=O) groups is 1. The van der Waals surface area contributed by atoms with E-state index < -0.39 is 18.5 Å². The normalized spacial score (nSPS) is 28.0. The van der Waals surface area contributed by atoms with Gasteiger partial charge in [0.15, 0.2) is 11.6 Å². The van der Waals surface area contributed by atoms with Crippen molar-refractivity contribution in [2.24, 2.45) is 5.41 Å². The van der Waals surface area contributed by atoms with Gasteiger partial charge in [-0.15, -0.1) is 0 Å². The molecular formula is C30H32F3N5O3. The third kappa shape index (κ3) is 4.76. The fourth-order valence-corrected chi connectivity index (χ4v) is 6.60. The van der Waals surface area contributed by atoms with Crippen molar-refractivity contribution in [3.63, 3.8) is 0 Å². The van der Waals surface area contributed by atoms with Gasteiger partial charge in [-0.2, -0.15) is 9.97 Å². The third-order valence-corrected chi connectivity index (χ3v) is 9.67. The molecule has 8 nitrogen and oxygen atoms in total. The Morgan fingerprint density at radius 2 is 1.78 bits per heavy atom. The largest absolute Gasteiger partial charge is 0.339 e. The fourth-order valence-electron chi connectivity index (χ4n) is 6.60. The van der Waals surface area contributed by atoms with Gasteiger partial charge in [-0.05, 0) is 75.0 Å². The number of hydrogen-bond donors (Lipinski definition) is 0. The second-order valence-corrected chi connectivity index (χ2v) is 12.5. The molecule has 1 unspecified atom stereocenters. The van der Waals surface area contributed by atoms with Gasteiger partial charge < -0.3 is 13.9 Å². The predicted molar refractivity (Wildman–Crippen MR) is 142 cm³/mol. The van der Waals surface area contributed by atoms with E-state index in [0.29, 0.717) is 41.3 Å². The van der Waals surface area contributed by atoms with Gasteiger partial charge >= 0.3 is 0 Å². The summed E-state index contributed by atoms with van der Waals surface area (Å²) < 4.78 is 51.1. The molecule has 0 N–H and O–H groups in total. The van der Waals surface area contributed by atoms with Crippen LogP contribution in [0.1, 0.15) is 93.6 Å². The van der Waals surface area contributed by atoms with Crippen molar-refractivity contribution < 1.29 is 27.0 Å². The first-order chi connectivity index (χ1) is 19.7. The first-order valence-electron chi connectivity index (χ1n) is 14.4. The van der Waals surface area contributed by atoms with E-state index in [9.17, 15) is 18.0 Å². The van der Waals surface area contributed by atoms with E-state index in [2.05, 4.69) is 26.9 Å². The predicted octanol–water partition coefficient (Wildman–Crippen LogP) is 6.66. The van der Waals surface area contributed by atoms with Crippen LogP contribution in [0.3, 0.4) is 0 Å². The quantitative estimate of drug-likeness (QED) is 0.253. The molecule has 216 valence electrons. The maximum atomic E-state index is 13.7. The van der Waals surface area contributed by atoms with Gasteiger partial charge in [-0.3, -0.25) is 9.18 Å². The Hall–Kier alpha value is -3.50. The van der Waals surface area contributed by atoms with E-state index in [1.165, 1.54) is 0 Å². The van der Waals surface area contributed by atoms with Crippen LogP contribution in [-0.4, -0.2) is 45.3 Å². The van der Waals surface area contributed by atoms with Gasteiger partial charge in [-0.1, -0.05) is 23.0 Å². The molecule has 1 amide bonds. The molecule has 1 aromatic carbocycles. The Morgan fingerprint density at radius 1 is 1.05 bits per heavy atom. The molecule has 3 aromatic rings. The third-order valence-electron chi connectivity index (χ3n) is 9.67. The molecule has 0 spiro atoms. The number of nitrogens with zero attached hydrogens (tertiary/aromatic N) is 5. The monoisotopic (exact) mass is 567 g/mol. The van der Waals surface area contributed by atoms with E-state index >= 15 is 0 Å². The summed E-state index contributed by atoms with van der Waals surface area (Å²) in [5.41, 5.74) is 1.17. The number of aromatic nitrogens is 4. The molecular weight excluding hydrogens is 535 g/mol. The van der Waals surface area contributed by atoms with Crippen LogP contribution < -0.4 is 4.90 Å². The van der Waals surface area contributed by atoms with E-state index in [1.54, 1.807) is 4.90 Å². The highest BCUT2D eigenvalue weighted by Gasteiger charge is 2.61. The standard InChI is InChI=1S/C30H32F3N5O3/c1-18(7-14-31)26(39)38(21-4-2-3-20(15-21)24-34-23(36-40-24)19-5-6-19)17-28-8-11-29(12-9-28,13-10-28)27-35-25(41-37-27)22-16-30(22,32)33/h2-4,15,19,22H,1,5-14,16-17H2. The Kier molecular flexibility index (Phi) is 6.13. The summed E-state index contributed by atoms with van der Waals surface area (Å²) in [5.74, 6) is -1.97. The number of carbonyl (C=O) groups excluding carboxylic acids is 1. The van der Waals surface area contributed by atoms with E-state index in [0.717, 1.165) is 51.4 Å². The van der Waals surface area contributed by atoms with Crippen molar-refractivity contribution in [2.75, 3.05) is 18.1 Å². The summed E-state index contributed by atoms with van der Waals surface area (Å²) in [6, 6.07) is 7.46. The van der Waals surface area contributed by atoms with Crippen molar-refractivity contribution in [3.8, 4) is 11.5 Å². The van der Waals surface area contributed by atoms with Crippen molar-refractivity contribution in [1.82, 2.24) is 20.3 Å². The zero-order valence-corrected chi connectivity index (χ0v) is 22.8. The fraction of sp³-hybridized carbons (Fsp3) is 0.567. The van der Waals surface area contributed by atoms with Crippen LogP contribution in [0.5, 0.6) is 0 Å². The minimum atomic E-state index is -2.75. The number of fused-ring (bicyclic) bond motifs is 3. The number of rotatable bonds is 10. The minimum Gasteiger partial charge on any atom is -0.339 e. The van der Waals surface area contributed by atoms with E-state index in [4.69, 9.17) is 9.05 Å². The lowest BCUT2D eigenvalue weighted by atomic mass is 9.53. The second-order valence-electron chi connectivity index (χ2n) is 12.5. The summed E-state index contributed by atoms with van der Waals surface area (Å²) in [4.78, 5) is 24.4. The summed E-state index contributed by atoms with van der Waals surface area (Å²) >= 11 is 0. The maximum Gasteiger partial charge on any atom is 0.260 e. The van der Waals surface area contributed by atoms with E-state index in [1.807, 2.05) is 24.3 Å². The van der Waals surface area contributed by atoms with Crippen molar-refractivity contribution in [1.29, 1.82) is 0 Å². The molecule has 5 fully saturated rings. The first-order valence-corrected chi connectivity index (χ1v) is 14.4. The average molecular weight is 568 g/mol. The zero-order chi connectivity index (χ0) is 28.4. The topological polar surface area (TPSA) is 98.2 Å². The Labute approximate surface area is 235 Å². The number of alkyl halides is 3. The second kappa shape index (κ2) is 9.52. The molecule has 11 heteroatoms. The first kappa shape index (κ1) is 26.4. The van der Waals surface area contributed by atoms with Gasteiger partial charge in [0.25, 0.3) is 17.7 Å². The lowest BCUT2D eigenvalue weighted by molar-refractivity contribution is -0.116. The summed E-state index contributed by atoms with van der Waals surface area (Å²) in [6.07, 6.45) is 6.68. The van der Waals surface area contributed by atoms with Gasteiger partial charge in [0.05, 0.1) is 6.67 Å². The summed E-state index contributed by atoms with van der Waals surface area (Å²) in [7, 11) is 0. The molecule has 0 saturated heterocycles. The maximum absolute atomic E-state index is 13.7. The molecule has 5 saturated carbocycles. The zero-order valence-electron chi connectivity index (χ0n) is 22.8. The van der Waals surface area contributed by atoms with Crippen LogP contribution >= 0.6 is 0 Å². The number of benzene rings is 1. The highest BCUT2D eigenvalue weighted by Crippen LogP contribution is 2.59. The summed E-state index contributed by atoms with van der Waals surface area (Å²) in [5, 5.41) is 8.26. The Morgan fingerprint density at radius 3 is 2.44 bits per heavy atom. The summed E-state index contributed by atoms with van der Waals surface area (Å²) in [6.45, 7) is 3.69. The molecule has 0 radical (unpaired) electrons. The van der Waals surface area contributed by atoms with Crippen molar-refractivity contribution in [3.05, 3.63) is 54.0 Å². The molecule has 5 aliphatic carbocycles. The number of anilines is 1. The lowest BCUT2D eigenvalue weighted by Crippen LogP contribution is -2.51. The van der Waals surface area contributed by atoms with Gasteiger partial charge in [0.2, 0.25) is 5.89 Å². The lowest BCUT2D eigenvalue weighted by Gasteiger charge is -2.53.